The lowest BCUT2D eigenvalue weighted by Crippen LogP contribution is -2.40. The monoisotopic (exact) mass is 250 g/mol. The van der Waals surface area contributed by atoms with Crippen LogP contribution in [0.15, 0.2) is 0 Å². The second-order valence-electron chi connectivity index (χ2n) is 7.04. The maximum atomic E-state index is 6.14. The molecule has 1 saturated heterocycles. The van der Waals surface area contributed by atoms with Gasteiger partial charge in [0.1, 0.15) is 0 Å². The van der Waals surface area contributed by atoms with Crippen molar-refractivity contribution in [2.24, 2.45) is 17.6 Å². The Balaban J connectivity index is 1.54. The highest BCUT2D eigenvalue weighted by atomic mass is 15.2. The van der Waals surface area contributed by atoms with Gasteiger partial charge in [0.05, 0.1) is 0 Å². The van der Waals surface area contributed by atoms with Gasteiger partial charge in [0.2, 0.25) is 0 Å². The maximum Gasteiger partial charge on any atom is 0.0124 e. The molecule has 3 unspecified atom stereocenters. The molecule has 2 heteroatoms. The Hall–Kier alpha value is -0.0800. The summed E-state index contributed by atoms with van der Waals surface area (Å²) < 4.78 is 0. The molecule has 2 aliphatic carbocycles. The molecule has 0 amide bonds. The normalized spacial score (nSPS) is 39.5. The summed E-state index contributed by atoms with van der Waals surface area (Å²) in [7, 11) is 0. The third kappa shape index (κ3) is 2.91. The van der Waals surface area contributed by atoms with E-state index in [1.807, 2.05) is 0 Å². The molecule has 0 bridgehead atoms. The molecule has 1 aliphatic heterocycles. The van der Waals surface area contributed by atoms with E-state index >= 15 is 0 Å². The van der Waals surface area contributed by atoms with Crippen molar-refractivity contribution in [2.45, 2.75) is 76.3 Å². The van der Waals surface area contributed by atoms with Crippen molar-refractivity contribution in [3.63, 3.8) is 0 Å². The summed E-state index contributed by atoms with van der Waals surface area (Å²) in [5.74, 6) is 1.93. The summed E-state index contributed by atoms with van der Waals surface area (Å²) in [6.07, 6.45) is 14.3. The van der Waals surface area contributed by atoms with Crippen LogP contribution in [-0.4, -0.2) is 30.1 Å². The second kappa shape index (κ2) is 5.92. The van der Waals surface area contributed by atoms with Crippen molar-refractivity contribution in [1.29, 1.82) is 0 Å². The fourth-order valence-electron chi connectivity index (χ4n) is 4.78. The van der Waals surface area contributed by atoms with E-state index in [1.54, 1.807) is 0 Å². The molecule has 104 valence electrons. The zero-order chi connectivity index (χ0) is 12.4. The number of hydrogen-bond acceptors (Lipinski definition) is 2. The predicted octanol–water partition coefficient (Wildman–Crippen LogP) is 3.16. The van der Waals surface area contributed by atoms with Crippen molar-refractivity contribution < 1.29 is 0 Å². The molecular weight excluding hydrogens is 220 g/mol. The van der Waals surface area contributed by atoms with E-state index < -0.39 is 0 Å². The molecule has 3 fully saturated rings. The topological polar surface area (TPSA) is 29.3 Å². The zero-order valence-electron chi connectivity index (χ0n) is 11.8. The third-order valence-corrected chi connectivity index (χ3v) is 5.67. The molecule has 3 atom stereocenters. The van der Waals surface area contributed by atoms with E-state index in [2.05, 4.69) is 4.90 Å². The summed E-state index contributed by atoms with van der Waals surface area (Å²) in [5.41, 5.74) is 6.14. The van der Waals surface area contributed by atoms with Crippen LogP contribution in [0.4, 0.5) is 0 Å². The molecule has 2 N–H and O–H groups in total. The minimum Gasteiger partial charge on any atom is -0.328 e. The number of nitrogens with zero attached hydrogens (tertiary/aromatic N) is 1. The van der Waals surface area contributed by atoms with Gasteiger partial charge in [-0.3, -0.25) is 4.90 Å². The fourth-order valence-corrected chi connectivity index (χ4v) is 4.78. The molecule has 0 aromatic rings. The summed E-state index contributed by atoms with van der Waals surface area (Å²) in [6.45, 7) is 2.72. The van der Waals surface area contributed by atoms with E-state index in [4.69, 9.17) is 5.73 Å². The summed E-state index contributed by atoms with van der Waals surface area (Å²) >= 11 is 0. The van der Waals surface area contributed by atoms with Gasteiger partial charge >= 0.3 is 0 Å². The molecule has 18 heavy (non-hydrogen) atoms. The Morgan fingerprint density at radius 3 is 2.50 bits per heavy atom. The van der Waals surface area contributed by atoms with Gasteiger partial charge in [-0.1, -0.05) is 19.3 Å². The van der Waals surface area contributed by atoms with Crippen molar-refractivity contribution >= 4 is 0 Å². The molecule has 3 rings (SSSR count). The first-order valence-electron chi connectivity index (χ1n) is 8.32. The first-order valence-corrected chi connectivity index (χ1v) is 8.32. The second-order valence-corrected chi connectivity index (χ2v) is 7.04. The Morgan fingerprint density at radius 2 is 1.72 bits per heavy atom. The van der Waals surface area contributed by atoms with Crippen LogP contribution < -0.4 is 5.73 Å². The van der Waals surface area contributed by atoms with E-state index in [-0.39, 0.29) is 0 Å². The van der Waals surface area contributed by atoms with Gasteiger partial charge in [-0.2, -0.15) is 0 Å². The van der Waals surface area contributed by atoms with Crippen molar-refractivity contribution in [3.05, 3.63) is 0 Å². The SMILES string of the molecule is NC1CCCC(CN2CCCC2C2CCCC2)C1. The van der Waals surface area contributed by atoms with Crippen LogP contribution in [0.5, 0.6) is 0 Å². The minimum atomic E-state index is 0.497. The van der Waals surface area contributed by atoms with Crippen LogP contribution >= 0.6 is 0 Å². The van der Waals surface area contributed by atoms with E-state index in [0.29, 0.717) is 6.04 Å². The van der Waals surface area contributed by atoms with E-state index in [9.17, 15) is 0 Å². The summed E-state index contributed by atoms with van der Waals surface area (Å²) in [6, 6.07) is 1.43. The van der Waals surface area contributed by atoms with Crippen molar-refractivity contribution in [3.8, 4) is 0 Å². The molecule has 0 spiro atoms. The fraction of sp³-hybridized carbons (Fsp3) is 1.00. The van der Waals surface area contributed by atoms with Gasteiger partial charge in [0.15, 0.2) is 0 Å². The predicted molar refractivity (Wildman–Crippen MR) is 76.5 cm³/mol. The van der Waals surface area contributed by atoms with E-state index in [0.717, 1.165) is 17.9 Å². The quantitative estimate of drug-likeness (QED) is 0.833. The summed E-state index contributed by atoms with van der Waals surface area (Å²) in [4.78, 5) is 2.85. The average molecular weight is 250 g/mol. The zero-order valence-corrected chi connectivity index (χ0v) is 11.8. The van der Waals surface area contributed by atoms with Crippen molar-refractivity contribution in [1.82, 2.24) is 4.90 Å². The van der Waals surface area contributed by atoms with Crippen LogP contribution in [0.25, 0.3) is 0 Å². The van der Waals surface area contributed by atoms with Crippen LogP contribution in [-0.2, 0) is 0 Å². The van der Waals surface area contributed by atoms with Crippen LogP contribution in [0.1, 0.15) is 64.2 Å². The molecule has 0 aromatic carbocycles. The van der Waals surface area contributed by atoms with Crippen LogP contribution in [0.3, 0.4) is 0 Å². The first kappa shape index (κ1) is 12.9. The van der Waals surface area contributed by atoms with Gasteiger partial charge in [-0.25, -0.2) is 0 Å². The number of likely N-dealkylation sites (tertiary alicyclic amines) is 1. The molecular formula is C16H30N2. The van der Waals surface area contributed by atoms with Gasteiger partial charge in [0.25, 0.3) is 0 Å². The van der Waals surface area contributed by atoms with Gasteiger partial charge in [0, 0.05) is 18.6 Å². The molecule has 0 radical (unpaired) electrons. The molecule has 0 aromatic heterocycles. The maximum absolute atomic E-state index is 6.14. The Kier molecular flexibility index (Phi) is 4.25. The minimum absolute atomic E-state index is 0.497. The number of hydrogen-bond donors (Lipinski definition) is 1. The highest BCUT2D eigenvalue weighted by Gasteiger charge is 2.34. The standard InChI is InChI=1S/C16H30N2/c17-15-8-3-5-13(11-15)12-18-10-4-9-16(18)14-6-1-2-7-14/h13-16H,1-12,17H2. The first-order chi connectivity index (χ1) is 8.83. The largest absolute Gasteiger partial charge is 0.328 e. The third-order valence-electron chi connectivity index (χ3n) is 5.67. The Bertz CT molecular complexity index is 260. The lowest BCUT2D eigenvalue weighted by molar-refractivity contribution is 0.144. The highest BCUT2D eigenvalue weighted by molar-refractivity contribution is 4.89. The Labute approximate surface area is 112 Å². The highest BCUT2D eigenvalue weighted by Crippen LogP contribution is 2.36. The number of nitrogens with two attached hydrogens (primary N) is 1. The lowest BCUT2D eigenvalue weighted by Gasteiger charge is -2.35. The van der Waals surface area contributed by atoms with Crippen molar-refractivity contribution in [2.75, 3.05) is 13.1 Å². The van der Waals surface area contributed by atoms with Gasteiger partial charge < -0.3 is 5.73 Å². The molecule has 1 heterocycles. The van der Waals surface area contributed by atoms with Gasteiger partial charge in [-0.15, -0.1) is 0 Å². The van der Waals surface area contributed by atoms with Crippen LogP contribution in [0.2, 0.25) is 0 Å². The van der Waals surface area contributed by atoms with E-state index in [1.165, 1.54) is 77.3 Å². The van der Waals surface area contributed by atoms with Gasteiger partial charge in [-0.05, 0) is 63.3 Å². The molecule has 2 nitrogen and oxygen atoms in total. The van der Waals surface area contributed by atoms with Crippen LogP contribution in [0, 0.1) is 11.8 Å². The summed E-state index contributed by atoms with van der Waals surface area (Å²) in [5, 5.41) is 0. The molecule has 2 saturated carbocycles. The lowest BCUT2D eigenvalue weighted by atomic mass is 9.85. The average Bonchev–Trinajstić information content (AvgIpc) is 2.98. The molecule has 3 aliphatic rings. The number of rotatable bonds is 3. The Morgan fingerprint density at radius 1 is 0.889 bits per heavy atom. The smallest absolute Gasteiger partial charge is 0.0124 e.